The Bertz CT molecular complexity index is 996. The lowest BCUT2D eigenvalue weighted by molar-refractivity contribution is -0.142. The summed E-state index contributed by atoms with van der Waals surface area (Å²) in [7, 11) is 5.13. The van der Waals surface area contributed by atoms with Crippen molar-refractivity contribution in [2.75, 3.05) is 41.0 Å². The summed E-state index contributed by atoms with van der Waals surface area (Å²) in [6, 6.07) is 14.0. The summed E-state index contributed by atoms with van der Waals surface area (Å²) in [5.41, 5.74) is 4.40. The molecule has 2 unspecified atom stereocenters. The number of fused-ring (bicyclic) bond motifs is 3. The van der Waals surface area contributed by atoms with E-state index in [0.717, 1.165) is 22.3 Å². The second-order valence-electron chi connectivity index (χ2n) is 8.80. The van der Waals surface area contributed by atoms with E-state index in [1.54, 1.807) is 0 Å². The number of aliphatic carboxylic acids is 1. The van der Waals surface area contributed by atoms with Gasteiger partial charge in [0.2, 0.25) is 5.91 Å². The van der Waals surface area contributed by atoms with Gasteiger partial charge in [0.05, 0.1) is 0 Å². The molecule has 0 spiro atoms. The number of ether oxygens (including phenoxy) is 2. The van der Waals surface area contributed by atoms with Crippen molar-refractivity contribution in [3.8, 4) is 11.1 Å². The first kappa shape index (κ1) is 26.2. The fraction of sp³-hybridized carbons (Fsp3) is 0.423. The van der Waals surface area contributed by atoms with Crippen molar-refractivity contribution in [1.29, 1.82) is 0 Å². The van der Waals surface area contributed by atoms with E-state index < -0.39 is 30.1 Å². The molecule has 0 saturated heterocycles. The van der Waals surface area contributed by atoms with Crippen LogP contribution in [0.1, 0.15) is 29.9 Å². The normalized spacial score (nSPS) is 14.1. The lowest BCUT2D eigenvalue weighted by Crippen LogP contribution is -2.52. The van der Waals surface area contributed by atoms with Crippen LogP contribution in [0.25, 0.3) is 11.1 Å². The van der Waals surface area contributed by atoms with Crippen molar-refractivity contribution in [3.63, 3.8) is 0 Å². The number of amides is 2. The van der Waals surface area contributed by atoms with Gasteiger partial charge in [0, 0.05) is 32.6 Å². The zero-order valence-corrected chi connectivity index (χ0v) is 20.3. The molecule has 0 aromatic heterocycles. The van der Waals surface area contributed by atoms with Crippen LogP contribution in [0.3, 0.4) is 0 Å². The quantitative estimate of drug-likeness (QED) is 0.425. The van der Waals surface area contributed by atoms with Crippen LogP contribution in [0.15, 0.2) is 48.5 Å². The number of benzene rings is 2. The van der Waals surface area contributed by atoms with Gasteiger partial charge in [-0.25, -0.2) is 9.59 Å². The molecular weight excluding hydrogens is 450 g/mol. The van der Waals surface area contributed by atoms with E-state index in [-0.39, 0.29) is 32.0 Å². The van der Waals surface area contributed by atoms with Gasteiger partial charge in [-0.15, -0.1) is 0 Å². The Morgan fingerprint density at radius 1 is 0.943 bits per heavy atom. The van der Waals surface area contributed by atoms with E-state index in [2.05, 4.69) is 22.8 Å². The van der Waals surface area contributed by atoms with E-state index in [0.29, 0.717) is 6.54 Å². The number of nitrogens with zero attached hydrogens (tertiary/aromatic N) is 1. The van der Waals surface area contributed by atoms with E-state index in [9.17, 15) is 19.5 Å². The molecule has 0 heterocycles. The third kappa shape index (κ3) is 6.80. The molecule has 2 atom stereocenters. The largest absolute Gasteiger partial charge is 0.480 e. The molecule has 1 aliphatic carbocycles. The Balaban J connectivity index is 1.63. The molecule has 9 heteroatoms. The average Bonchev–Trinajstić information content (AvgIpc) is 3.16. The van der Waals surface area contributed by atoms with Crippen LogP contribution >= 0.6 is 0 Å². The van der Waals surface area contributed by atoms with Gasteiger partial charge in [-0.1, -0.05) is 48.5 Å². The minimum Gasteiger partial charge on any atom is -0.480 e. The second-order valence-corrected chi connectivity index (χ2v) is 8.80. The first-order chi connectivity index (χ1) is 16.8. The van der Waals surface area contributed by atoms with E-state index in [1.165, 1.54) is 7.11 Å². The minimum atomic E-state index is -1.13. The SMILES string of the molecule is COCCC(NC(=O)OCC1c2ccccc2-c2ccccc21)C(=O)NC(CCN(C)C)C(=O)O. The highest BCUT2D eigenvalue weighted by Crippen LogP contribution is 2.44. The third-order valence-corrected chi connectivity index (χ3v) is 6.04. The van der Waals surface area contributed by atoms with E-state index in [1.807, 2.05) is 55.4 Å². The molecule has 2 aromatic carbocycles. The standard InChI is InChI=1S/C26H33N3O6/c1-29(2)14-12-23(25(31)32)27-24(30)22(13-15-34-3)28-26(33)35-16-21-19-10-6-4-8-17(19)18-9-5-7-11-20(18)21/h4-11,21-23H,12-16H2,1-3H3,(H,27,30)(H,28,33)(H,31,32). The maximum atomic E-state index is 12.8. The number of nitrogens with one attached hydrogen (secondary N) is 2. The minimum absolute atomic E-state index is 0.109. The van der Waals surface area contributed by atoms with E-state index in [4.69, 9.17) is 9.47 Å². The first-order valence-corrected chi connectivity index (χ1v) is 11.6. The van der Waals surface area contributed by atoms with Crippen LogP contribution in [-0.2, 0) is 19.1 Å². The molecular formula is C26H33N3O6. The summed E-state index contributed by atoms with van der Waals surface area (Å²) in [4.78, 5) is 38.9. The number of rotatable bonds is 12. The number of carboxylic acids is 1. The van der Waals surface area contributed by atoms with E-state index >= 15 is 0 Å². The summed E-state index contributed by atoms with van der Waals surface area (Å²) < 4.78 is 10.6. The fourth-order valence-electron chi connectivity index (χ4n) is 4.20. The van der Waals surface area contributed by atoms with Gasteiger partial charge in [-0.2, -0.15) is 0 Å². The van der Waals surface area contributed by atoms with Crippen molar-refractivity contribution in [3.05, 3.63) is 59.7 Å². The van der Waals surface area contributed by atoms with Crippen molar-refractivity contribution < 1.29 is 29.0 Å². The number of carbonyl (C=O) groups excluding carboxylic acids is 2. The van der Waals surface area contributed by atoms with Gasteiger partial charge in [0.25, 0.3) is 0 Å². The molecule has 188 valence electrons. The van der Waals surface area contributed by atoms with Crippen LogP contribution in [0.2, 0.25) is 0 Å². The molecule has 9 nitrogen and oxygen atoms in total. The summed E-state index contributed by atoms with van der Waals surface area (Å²) in [6.45, 7) is 0.802. The maximum absolute atomic E-state index is 12.8. The van der Waals surface area contributed by atoms with Crippen LogP contribution in [-0.4, -0.2) is 81.0 Å². The molecule has 0 aliphatic heterocycles. The number of hydrogen-bond acceptors (Lipinski definition) is 6. The third-order valence-electron chi connectivity index (χ3n) is 6.04. The Hall–Kier alpha value is -3.43. The Labute approximate surface area is 205 Å². The predicted molar refractivity (Wildman–Crippen MR) is 131 cm³/mol. The second kappa shape index (κ2) is 12.3. The molecule has 0 saturated carbocycles. The molecule has 0 bridgehead atoms. The van der Waals surface area contributed by atoms with Crippen molar-refractivity contribution in [2.24, 2.45) is 0 Å². The molecule has 2 amide bonds. The zero-order chi connectivity index (χ0) is 25.4. The molecule has 2 aromatic rings. The van der Waals surface area contributed by atoms with Gasteiger partial charge in [-0.05, 0) is 42.8 Å². The van der Waals surface area contributed by atoms with Gasteiger partial charge < -0.3 is 30.1 Å². The number of carbonyl (C=O) groups is 3. The smallest absolute Gasteiger partial charge is 0.407 e. The zero-order valence-electron chi connectivity index (χ0n) is 20.3. The van der Waals surface area contributed by atoms with Gasteiger partial charge in [0.1, 0.15) is 18.7 Å². The lowest BCUT2D eigenvalue weighted by atomic mass is 9.98. The molecule has 1 aliphatic rings. The van der Waals surface area contributed by atoms with Crippen LogP contribution in [0, 0.1) is 0 Å². The summed E-state index contributed by atoms with van der Waals surface area (Å²) in [5.74, 6) is -1.84. The topological polar surface area (TPSA) is 117 Å². The fourth-order valence-corrected chi connectivity index (χ4v) is 4.20. The van der Waals surface area contributed by atoms with Crippen LogP contribution < -0.4 is 10.6 Å². The van der Waals surface area contributed by atoms with Gasteiger partial charge in [-0.3, -0.25) is 4.79 Å². The highest BCUT2D eigenvalue weighted by Gasteiger charge is 2.30. The summed E-state index contributed by atoms with van der Waals surface area (Å²) >= 11 is 0. The Morgan fingerprint density at radius 3 is 2.09 bits per heavy atom. The van der Waals surface area contributed by atoms with Crippen molar-refractivity contribution in [2.45, 2.75) is 30.8 Å². The Kier molecular flexibility index (Phi) is 9.22. The summed E-state index contributed by atoms with van der Waals surface area (Å²) in [5, 5.41) is 14.6. The monoisotopic (exact) mass is 483 g/mol. The van der Waals surface area contributed by atoms with Crippen LogP contribution in [0.5, 0.6) is 0 Å². The highest BCUT2D eigenvalue weighted by atomic mass is 16.5. The summed E-state index contributed by atoms with van der Waals surface area (Å²) in [6.07, 6.45) is -0.342. The molecule has 0 fully saturated rings. The molecule has 3 N–H and O–H groups in total. The number of methoxy groups -OCH3 is 1. The van der Waals surface area contributed by atoms with Crippen molar-refractivity contribution in [1.82, 2.24) is 15.5 Å². The first-order valence-electron chi connectivity index (χ1n) is 11.6. The number of carboxylic acid groups (broad SMARTS) is 1. The van der Waals surface area contributed by atoms with Crippen molar-refractivity contribution >= 4 is 18.0 Å². The average molecular weight is 484 g/mol. The van der Waals surface area contributed by atoms with Gasteiger partial charge >= 0.3 is 12.1 Å². The molecule has 3 rings (SSSR count). The lowest BCUT2D eigenvalue weighted by Gasteiger charge is -2.22. The maximum Gasteiger partial charge on any atom is 0.407 e. The number of alkyl carbamates (subject to hydrolysis) is 1. The van der Waals surface area contributed by atoms with Gasteiger partial charge in [0.15, 0.2) is 0 Å². The predicted octanol–water partition coefficient (Wildman–Crippen LogP) is 2.45. The Morgan fingerprint density at radius 2 is 1.54 bits per heavy atom. The molecule has 35 heavy (non-hydrogen) atoms. The van der Waals surface area contributed by atoms with Crippen LogP contribution in [0.4, 0.5) is 4.79 Å². The highest BCUT2D eigenvalue weighted by molar-refractivity contribution is 5.89. The number of hydrogen-bond donors (Lipinski definition) is 3. The molecule has 0 radical (unpaired) electrons.